The molecular formula is C9H13FN2. The van der Waals surface area contributed by atoms with Gasteiger partial charge in [-0.1, -0.05) is 0 Å². The molecular weight excluding hydrogens is 155 g/mol. The Kier molecular flexibility index (Phi) is 3.02. The number of pyridine rings is 1. The van der Waals surface area contributed by atoms with Gasteiger partial charge < -0.3 is 4.90 Å². The quantitative estimate of drug-likeness (QED) is 0.642. The molecule has 0 bridgehead atoms. The van der Waals surface area contributed by atoms with Crippen LogP contribution >= 0.6 is 0 Å². The predicted molar refractivity (Wildman–Crippen MR) is 47.8 cm³/mol. The summed E-state index contributed by atoms with van der Waals surface area (Å²) in [5.74, 6) is -0.417. The molecule has 1 rings (SSSR count). The molecule has 0 N–H and O–H groups in total. The molecule has 0 aromatic carbocycles. The topological polar surface area (TPSA) is 16.1 Å². The fourth-order valence-electron chi connectivity index (χ4n) is 1.18. The average molecular weight is 168 g/mol. The lowest BCUT2D eigenvalue weighted by molar-refractivity contribution is 0.583. The SMILES string of the molecule is CCN(CC)c1ccnc(F)c1. The highest BCUT2D eigenvalue weighted by Gasteiger charge is 2.01. The Balaban J connectivity index is 2.85. The molecule has 0 spiro atoms. The summed E-state index contributed by atoms with van der Waals surface area (Å²) in [5, 5.41) is 0. The highest BCUT2D eigenvalue weighted by Crippen LogP contribution is 2.12. The monoisotopic (exact) mass is 168 g/mol. The fourth-order valence-corrected chi connectivity index (χ4v) is 1.18. The number of halogens is 1. The van der Waals surface area contributed by atoms with Gasteiger partial charge in [0.15, 0.2) is 0 Å². The van der Waals surface area contributed by atoms with Crippen LogP contribution in [0.3, 0.4) is 0 Å². The van der Waals surface area contributed by atoms with Gasteiger partial charge in [0.1, 0.15) is 0 Å². The van der Waals surface area contributed by atoms with E-state index in [1.54, 1.807) is 0 Å². The van der Waals surface area contributed by atoms with Gasteiger partial charge in [0.05, 0.1) is 0 Å². The first-order valence-electron chi connectivity index (χ1n) is 4.14. The van der Waals surface area contributed by atoms with Crippen molar-refractivity contribution in [1.82, 2.24) is 4.98 Å². The molecule has 0 amide bonds. The molecule has 1 aromatic rings. The number of hydrogen-bond donors (Lipinski definition) is 0. The van der Waals surface area contributed by atoms with Crippen LogP contribution < -0.4 is 4.90 Å². The first-order chi connectivity index (χ1) is 5.77. The highest BCUT2D eigenvalue weighted by molar-refractivity contribution is 5.44. The van der Waals surface area contributed by atoms with E-state index in [4.69, 9.17) is 0 Å². The van der Waals surface area contributed by atoms with E-state index in [0.717, 1.165) is 18.8 Å². The largest absolute Gasteiger partial charge is 0.372 e. The Hall–Kier alpha value is -1.12. The predicted octanol–water partition coefficient (Wildman–Crippen LogP) is 2.07. The number of hydrogen-bond acceptors (Lipinski definition) is 2. The lowest BCUT2D eigenvalue weighted by Gasteiger charge is -2.20. The summed E-state index contributed by atoms with van der Waals surface area (Å²) in [6.45, 7) is 5.86. The van der Waals surface area contributed by atoms with E-state index >= 15 is 0 Å². The van der Waals surface area contributed by atoms with Crippen molar-refractivity contribution in [2.45, 2.75) is 13.8 Å². The second-order valence-corrected chi connectivity index (χ2v) is 2.51. The van der Waals surface area contributed by atoms with Crippen molar-refractivity contribution in [2.75, 3.05) is 18.0 Å². The van der Waals surface area contributed by atoms with Gasteiger partial charge in [0, 0.05) is 31.0 Å². The maximum atomic E-state index is 12.7. The van der Waals surface area contributed by atoms with Crippen molar-refractivity contribution in [1.29, 1.82) is 0 Å². The molecule has 0 atom stereocenters. The summed E-state index contributed by atoms with van der Waals surface area (Å²) in [4.78, 5) is 5.57. The van der Waals surface area contributed by atoms with Crippen LogP contribution in [0.4, 0.5) is 10.1 Å². The average Bonchev–Trinajstić information content (AvgIpc) is 2.07. The van der Waals surface area contributed by atoms with Gasteiger partial charge in [-0.05, 0) is 19.9 Å². The molecule has 1 heterocycles. The molecule has 0 radical (unpaired) electrons. The smallest absolute Gasteiger partial charge is 0.214 e. The zero-order valence-corrected chi connectivity index (χ0v) is 7.42. The van der Waals surface area contributed by atoms with Crippen molar-refractivity contribution < 1.29 is 4.39 Å². The van der Waals surface area contributed by atoms with Crippen LogP contribution in [0.1, 0.15) is 13.8 Å². The Bertz CT molecular complexity index is 246. The van der Waals surface area contributed by atoms with Crippen molar-refractivity contribution >= 4 is 5.69 Å². The van der Waals surface area contributed by atoms with Crippen LogP contribution in [-0.4, -0.2) is 18.1 Å². The third kappa shape index (κ3) is 1.94. The van der Waals surface area contributed by atoms with Gasteiger partial charge in [0.25, 0.3) is 0 Å². The first-order valence-corrected chi connectivity index (χ1v) is 4.14. The van der Waals surface area contributed by atoms with E-state index < -0.39 is 5.95 Å². The van der Waals surface area contributed by atoms with Crippen LogP contribution in [0, 0.1) is 5.95 Å². The molecule has 0 unspecified atom stereocenters. The Labute approximate surface area is 72.0 Å². The Morgan fingerprint density at radius 3 is 2.58 bits per heavy atom. The zero-order chi connectivity index (χ0) is 8.97. The van der Waals surface area contributed by atoms with E-state index in [1.165, 1.54) is 12.3 Å². The van der Waals surface area contributed by atoms with E-state index in [0.29, 0.717) is 0 Å². The minimum absolute atomic E-state index is 0.417. The summed E-state index contributed by atoms with van der Waals surface area (Å²) < 4.78 is 12.7. The van der Waals surface area contributed by atoms with Crippen molar-refractivity contribution in [3.63, 3.8) is 0 Å². The van der Waals surface area contributed by atoms with Crippen LogP contribution in [0.5, 0.6) is 0 Å². The minimum atomic E-state index is -0.417. The molecule has 0 fully saturated rings. The summed E-state index contributed by atoms with van der Waals surface area (Å²) in [6.07, 6.45) is 1.49. The summed E-state index contributed by atoms with van der Waals surface area (Å²) in [5.41, 5.74) is 0.896. The van der Waals surface area contributed by atoms with Gasteiger partial charge >= 0.3 is 0 Å². The van der Waals surface area contributed by atoms with Gasteiger partial charge in [0.2, 0.25) is 5.95 Å². The van der Waals surface area contributed by atoms with Crippen molar-refractivity contribution in [3.8, 4) is 0 Å². The molecule has 3 heteroatoms. The number of nitrogens with zero attached hydrogens (tertiary/aromatic N) is 2. The van der Waals surface area contributed by atoms with E-state index in [9.17, 15) is 4.39 Å². The van der Waals surface area contributed by atoms with E-state index in [2.05, 4.69) is 9.88 Å². The van der Waals surface area contributed by atoms with Crippen LogP contribution in [-0.2, 0) is 0 Å². The van der Waals surface area contributed by atoms with Crippen molar-refractivity contribution in [3.05, 3.63) is 24.3 Å². The molecule has 66 valence electrons. The van der Waals surface area contributed by atoms with Crippen LogP contribution in [0.15, 0.2) is 18.3 Å². The minimum Gasteiger partial charge on any atom is -0.372 e. The molecule has 0 aliphatic carbocycles. The van der Waals surface area contributed by atoms with Crippen LogP contribution in [0.2, 0.25) is 0 Å². The van der Waals surface area contributed by atoms with Gasteiger partial charge in [-0.25, -0.2) is 4.98 Å². The molecule has 12 heavy (non-hydrogen) atoms. The molecule has 0 saturated heterocycles. The molecule has 0 aliphatic rings. The molecule has 0 aliphatic heterocycles. The second-order valence-electron chi connectivity index (χ2n) is 2.51. The third-order valence-corrected chi connectivity index (χ3v) is 1.84. The Morgan fingerprint density at radius 1 is 1.42 bits per heavy atom. The number of anilines is 1. The molecule has 1 aromatic heterocycles. The van der Waals surface area contributed by atoms with Crippen LogP contribution in [0.25, 0.3) is 0 Å². The molecule has 0 saturated carbocycles. The number of rotatable bonds is 3. The Morgan fingerprint density at radius 2 is 2.08 bits per heavy atom. The maximum absolute atomic E-state index is 12.7. The maximum Gasteiger partial charge on any atom is 0.214 e. The zero-order valence-electron chi connectivity index (χ0n) is 7.42. The standard InChI is InChI=1S/C9H13FN2/c1-3-12(4-2)8-5-6-11-9(10)7-8/h5-7H,3-4H2,1-2H3. The molecule has 2 nitrogen and oxygen atoms in total. The van der Waals surface area contributed by atoms with E-state index in [-0.39, 0.29) is 0 Å². The normalized spacial score (nSPS) is 9.92. The summed E-state index contributed by atoms with van der Waals surface area (Å²) in [7, 11) is 0. The van der Waals surface area contributed by atoms with Gasteiger partial charge in [-0.2, -0.15) is 4.39 Å². The summed E-state index contributed by atoms with van der Waals surface area (Å²) in [6, 6.07) is 3.27. The van der Waals surface area contributed by atoms with E-state index in [1.807, 2.05) is 19.9 Å². The summed E-state index contributed by atoms with van der Waals surface area (Å²) >= 11 is 0. The van der Waals surface area contributed by atoms with Gasteiger partial charge in [-0.15, -0.1) is 0 Å². The second kappa shape index (κ2) is 4.04. The third-order valence-electron chi connectivity index (χ3n) is 1.84. The lowest BCUT2D eigenvalue weighted by Crippen LogP contribution is -2.21. The van der Waals surface area contributed by atoms with Gasteiger partial charge in [-0.3, -0.25) is 0 Å². The van der Waals surface area contributed by atoms with Crippen molar-refractivity contribution in [2.24, 2.45) is 0 Å². The first kappa shape index (κ1) is 8.97. The fraction of sp³-hybridized carbons (Fsp3) is 0.444. The number of aromatic nitrogens is 1. The highest BCUT2D eigenvalue weighted by atomic mass is 19.1. The lowest BCUT2D eigenvalue weighted by atomic mass is 10.3.